The number of piperidine rings is 1. The fourth-order valence-electron chi connectivity index (χ4n) is 3.34. The maximum absolute atomic E-state index is 13.4. The van der Waals surface area contributed by atoms with Crippen molar-refractivity contribution in [3.8, 4) is 0 Å². The third kappa shape index (κ3) is 5.90. The van der Waals surface area contributed by atoms with Crippen molar-refractivity contribution in [3.63, 3.8) is 0 Å². The van der Waals surface area contributed by atoms with Crippen molar-refractivity contribution in [1.82, 2.24) is 14.9 Å². The topological polar surface area (TPSA) is 78.5 Å². The smallest absolute Gasteiger partial charge is 0.315 e. The van der Waals surface area contributed by atoms with E-state index < -0.39 is 15.8 Å². The number of halogens is 1. The summed E-state index contributed by atoms with van der Waals surface area (Å²) in [5.41, 5.74) is 0.0757. The number of aryl methyl sites for hydroxylation is 1. The van der Waals surface area contributed by atoms with Gasteiger partial charge in [0.25, 0.3) is 0 Å². The molecule has 1 aliphatic rings. The van der Waals surface area contributed by atoms with E-state index in [1.165, 1.54) is 22.5 Å². The molecule has 0 aliphatic carbocycles. The lowest BCUT2D eigenvalue weighted by Gasteiger charge is -2.35. The van der Waals surface area contributed by atoms with E-state index in [-0.39, 0.29) is 22.5 Å². The number of amides is 2. The molecule has 2 rings (SSSR count). The molecule has 27 heavy (non-hydrogen) atoms. The highest BCUT2D eigenvalue weighted by atomic mass is 32.2. The molecule has 1 aliphatic heterocycles. The van der Waals surface area contributed by atoms with Gasteiger partial charge in [0.05, 0.1) is 4.90 Å². The molecule has 0 bridgehead atoms. The first kappa shape index (κ1) is 21.6. The molecule has 0 unspecified atom stereocenters. The molecule has 1 atom stereocenters. The van der Waals surface area contributed by atoms with Gasteiger partial charge in [-0.15, -0.1) is 0 Å². The first-order valence-electron chi connectivity index (χ1n) is 9.35. The van der Waals surface area contributed by atoms with Crippen LogP contribution in [0.25, 0.3) is 0 Å². The Morgan fingerprint density at radius 1 is 1.30 bits per heavy atom. The Bertz CT molecular complexity index is 775. The molecule has 8 heteroatoms. The van der Waals surface area contributed by atoms with Gasteiger partial charge in [-0.1, -0.05) is 6.42 Å². The highest BCUT2D eigenvalue weighted by Gasteiger charge is 2.34. The lowest BCUT2D eigenvalue weighted by molar-refractivity contribution is 0.223. The Kier molecular flexibility index (Phi) is 6.86. The second-order valence-corrected chi connectivity index (χ2v) is 9.95. The predicted molar refractivity (Wildman–Crippen MR) is 104 cm³/mol. The summed E-state index contributed by atoms with van der Waals surface area (Å²) in [5.74, 6) is -0.448. The summed E-state index contributed by atoms with van der Waals surface area (Å²) in [4.78, 5) is 12.0. The Labute approximate surface area is 161 Å². The molecule has 2 amide bonds. The van der Waals surface area contributed by atoms with E-state index in [0.717, 1.165) is 19.3 Å². The van der Waals surface area contributed by atoms with Gasteiger partial charge in [0.15, 0.2) is 0 Å². The number of carbonyl (C=O) groups is 1. The molecule has 1 heterocycles. The van der Waals surface area contributed by atoms with Crippen LogP contribution >= 0.6 is 0 Å². The van der Waals surface area contributed by atoms with Gasteiger partial charge in [0, 0.05) is 24.7 Å². The van der Waals surface area contributed by atoms with Gasteiger partial charge < -0.3 is 10.6 Å². The molecule has 0 saturated carbocycles. The van der Waals surface area contributed by atoms with Crippen LogP contribution in [0.5, 0.6) is 0 Å². The average molecular weight is 400 g/mol. The third-order valence-electron chi connectivity index (χ3n) is 4.55. The molecule has 1 saturated heterocycles. The van der Waals surface area contributed by atoms with Crippen LogP contribution in [-0.2, 0) is 10.0 Å². The highest BCUT2D eigenvalue weighted by molar-refractivity contribution is 7.89. The van der Waals surface area contributed by atoms with Crippen molar-refractivity contribution >= 4 is 16.1 Å². The summed E-state index contributed by atoms with van der Waals surface area (Å²) < 4.78 is 41.1. The fourth-order valence-corrected chi connectivity index (χ4v) is 5.28. The van der Waals surface area contributed by atoms with Crippen molar-refractivity contribution in [2.24, 2.45) is 0 Å². The minimum absolute atomic E-state index is 0.147. The summed E-state index contributed by atoms with van der Waals surface area (Å²) in [5, 5.41) is 5.62. The number of carbonyl (C=O) groups excluding carboxylic acids is 1. The quantitative estimate of drug-likeness (QED) is 0.798. The van der Waals surface area contributed by atoms with E-state index in [9.17, 15) is 17.6 Å². The van der Waals surface area contributed by atoms with Gasteiger partial charge in [0.2, 0.25) is 10.0 Å². The number of rotatable bonds is 5. The number of benzene rings is 1. The van der Waals surface area contributed by atoms with Crippen molar-refractivity contribution in [2.45, 2.75) is 69.9 Å². The monoisotopic (exact) mass is 399 g/mol. The molecule has 1 fully saturated rings. The second kappa shape index (κ2) is 8.56. The van der Waals surface area contributed by atoms with Crippen molar-refractivity contribution in [1.29, 1.82) is 0 Å². The number of hydrogen-bond donors (Lipinski definition) is 2. The van der Waals surface area contributed by atoms with E-state index in [1.807, 2.05) is 20.8 Å². The number of urea groups is 1. The normalized spacial score (nSPS) is 18.9. The van der Waals surface area contributed by atoms with Crippen molar-refractivity contribution < 1.29 is 17.6 Å². The minimum atomic E-state index is -3.70. The molecule has 1 aromatic carbocycles. The highest BCUT2D eigenvalue weighted by Crippen LogP contribution is 2.28. The van der Waals surface area contributed by atoms with Gasteiger partial charge in [-0.25, -0.2) is 17.6 Å². The average Bonchev–Trinajstić information content (AvgIpc) is 2.53. The maximum atomic E-state index is 13.4. The van der Waals surface area contributed by atoms with E-state index in [4.69, 9.17) is 0 Å². The summed E-state index contributed by atoms with van der Waals surface area (Å²) in [6.45, 7) is 8.12. The zero-order chi connectivity index (χ0) is 20.2. The summed E-state index contributed by atoms with van der Waals surface area (Å²) >= 11 is 0. The lowest BCUT2D eigenvalue weighted by atomic mass is 10.0. The van der Waals surface area contributed by atoms with Crippen LogP contribution in [0, 0.1) is 12.7 Å². The van der Waals surface area contributed by atoms with E-state index >= 15 is 0 Å². The number of hydrogen-bond acceptors (Lipinski definition) is 3. The van der Waals surface area contributed by atoms with Crippen LogP contribution in [0.15, 0.2) is 23.1 Å². The number of nitrogens with zero attached hydrogens (tertiary/aromatic N) is 1. The van der Waals surface area contributed by atoms with Crippen LogP contribution < -0.4 is 10.6 Å². The van der Waals surface area contributed by atoms with Crippen LogP contribution in [0.1, 0.15) is 52.0 Å². The first-order valence-corrected chi connectivity index (χ1v) is 10.8. The summed E-state index contributed by atoms with van der Waals surface area (Å²) in [6.07, 6.45) is 3.04. The van der Waals surface area contributed by atoms with E-state index in [0.29, 0.717) is 25.1 Å². The van der Waals surface area contributed by atoms with Gasteiger partial charge in [-0.05, 0) is 70.7 Å². The molecule has 0 aromatic heterocycles. The van der Waals surface area contributed by atoms with Gasteiger partial charge in [0.1, 0.15) is 5.82 Å². The maximum Gasteiger partial charge on any atom is 0.315 e. The third-order valence-corrected chi connectivity index (χ3v) is 6.66. The van der Waals surface area contributed by atoms with Crippen LogP contribution in [0.2, 0.25) is 0 Å². The molecule has 0 radical (unpaired) electrons. The fraction of sp³-hybridized carbons (Fsp3) is 0.632. The van der Waals surface area contributed by atoms with E-state index in [2.05, 4.69) is 10.6 Å². The zero-order valence-electron chi connectivity index (χ0n) is 16.5. The molecule has 1 aromatic rings. The Morgan fingerprint density at radius 3 is 2.63 bits per heavy atom. The van der Waals surface area contributed by atoms with Crippen LogP contribution in [0.4, 0.5) is 9.18 Å². The van der Waals surface area contributed by atoms with Gasteiger partial charge >= 0.3 is 6.03 Å². The largest absolute Gasteiger partial charge is 0.338 e. The Morgan fingerprint density at radius 2 is 2.00 bits per heavy atom. The summed E-state index contributed by atoms with van der Waals surface area (Å²) in [7, 11) is -3.70. The molecule has 0 spiro atoms. The number of nitrogens with one attached hydrogen (secondary N) is 2. The standard InChI is InChI=1S/C19H30FN3O3S/c1-14-13-15(20)8-9-17(14)27(25,26)23-12-6-5-7-16(23)10-11-21-18(24)22-19(2,3)4/h8-9,13,16H,5-7,10-12H2,1-4H3,(H2,21,22,24)/t16-/m1/s1. The summed E-state index contributed by atoms with van der Waals surface area (Å²) in [6, 6.07) is 3.31. The molecular formula is C19H30FN3O3S. The molecule has 152 valence electrons. The van der Waals surface area contributed by atoms with Crippen molar-refractivity contribution in [3.05, 3.63) is 29.6 Å². The lowest BCUT2D eigenvalue weighted by Crippen LogP contribution is -2.48. The first-order chi connectivity index (χ1) is 12.5. The molecule has 2 N–H and O–H groups in total. The Balaban J connectivity index is 2.07. The predicted octanol–water partition coefficient (Wildman–Crippen LogP) is 3.17. The van der Waals surface area contributed by atoms with Crippen LogP contribution in [-0.4, -0.2) is 43.4 Å². The number of sulfonamides is 1. The molecule has 6 nitrogen and oxygen atoms in total. The van der Waals surface area contributed by atoms with Crippen molar-refractivity contribution in [2.75, 3.05) is 13.1 Å². The SMILES string of the molecule is Cc1cc(F)ccc1S(=O)(=O)N1CCCC[C@@H]1CCNC(=O)NC(C)(C)C. The zero-order valence-corrected chi connectivity index (χ0v) is 17.3. The van der Waals surface area contributed by atoms with Gasteiger partial charge in [-0.2, -0.15) is 4.31 Å². The second-order valence-electron chi connectivity index (χ2n) is 8.09. The van der Waals surface area contributed by atoms with Crippen LogP contribution in [0.3, 0.4) is 0 Å². The van der Waals surface area contributed by atoms with Gasteiger partial charge in [-0.3, -0.25) is 0 Å². The van der Waals surface area contributed by atoms with E-state index in [1.54, 1.807) is 6.92 Å². The Hall–Kier alpha value is -1.67. The molecular weight excluding hydrogens is 369 g/mol. The minimum Gasteiger partial charge on any atom is -0.338 e.